The number of benzene rings is 6. The van der Waals surface area contributed by atoms with Crippen molar-refractivity contribution in [1.29, 1.82) is 0 Å². The van der Waals surface area contributed by atoms with E-state index < -0.39 is 163 Å². The molecule has 0 spiro atoms. The van der Waals surface area contributed by atoms with Gasteiger partial charge in [0, 0.05) is 83.7 Å². The SMILES string of the molecule is CC(=O)CC(CSc1c(C2Oc3cc(O)cc(O)c3C[C@H]2OC(=O)c2cc(O)c(O)c(O)c2)cc(O)c(O)c1O)C(=O)O.CC(=O)CC(CSc1c(C2Oc3cc(O)cc(O)c3C[C@H]2OC(=O)c2cc(O)c(O)c(O)c2)cc(O)c(O)c1O)C(=O)O. The molecule has 0 aromatic heterocycles. The maximum atomic E-state index is 13.1. The Labute approximate surface area is 491 Å². The molecule has 0 fully saturated rings. The number of ketones is 2. The van der Waals surface area contributed by atoms with Crippen molar-refractivity contribution in [1.82, 2.24) is 0 Å². The average Bonchev–Trinajstić information content (AvgIpc) is 1.11. The molecule has 0 radical (unpaired) electrons. The number of rotatable bonds is 18. The van der Waals surface area contributed by atoms with Gasteiger partial charge in [0.2, 0.25) is 11.5 Å². The lowest BCUT2D eigenvalue weighted by atomic mass is 9.93. The van der Waals surface area contributed by atoms with Gasteiger partial charge in [-0.3, -0.25) is 9.59 Å². The summed E-state index contributed by atoms with van der Waals surface area (Å²) in [5, 5.41) is 181. The number of esters is 2. The molecule has 456 valence electrons. The number of Topliss-reactive ketones (excluding diaryl/α,β-unsaturated/α-hetero) is 2. The first kappa shape index (κ1) is 63.2. The fraction of sp³-hybridized carbons (Fsp3) is 0.250. The Morgan fingerprint density at radius 3 is 1.06 bits per heavy atom. The van der Waals surface area contributed by atoms with Gasteiger partial charge >= 0.3 is 23.9 Å². The molecule has 18 N–H and O–H groups in total. The molecule has 2 aliphatic heterocycles. The molecule has 86 heavy (non-hydrogen) atoms. The van der Waals surface area contributed by atoms with E-state index in [4.69, 9.17) is 18.9 Å². The summed E-state index contributed by atoms with van der Waals surface area (Å²) in [5.74, 6) is -20.7. The van der Waals surface area contributed by atoms with Crippen LogP contribution >= 0.6 is 23.5 Å². The fourth-order valence-electron chi connectivity index (χ4n) is 9.00. The number of carboxylic acids is 2. The molecule has 0 saturated carbocycles. The molecular weight excluding hydrogens is 1180 g/mol. The van der Waals surface area contributed by atoms with Gasteiger partial charge in [-0.25, -0.2) is 9.59 Å². The molecule has 8 rings (SSSR count). The summed E-state index contributed by atoms with van der Waals surface area (Å²) < 4.78 is 23.2. The van der Waals surface area contributed by atoms with Crippen LogP contribution in [0.4, 0.5) is 0 Å². The maximum Gasteiger partial charge on any atom is 0.338 e. The van der Waals surface area contributed by atoms with Crippen molar-refractivity contribution < 1.29 is 140 Å². The summed E-state index contributed by atoms with van der Waals surface area (Å²) >= 11 is 1.42. The lowest BCUT2D eigenvalue weighted by Gasteiger charge is -2.35. The quantitative estimate of drug-likeness (QED) is 0.0266. The van der Waals surface area contributed by atoms with Crippen LogP contribution in [0.15, 0.2) is 70.5 Å². The number of phenols is 16. The Hall–Kier alpha value is -10.4. The summed E-state index contributed by atoms with van der Waals surface area (Å²) in [4.78, 5) is 72.5. The zero-order chi connectivity index (χ0) is 63.5. The minimum atomic E-state index is -1.44. The number of phenolic OH excluding ortho intramolecular Hbond substituents is 16. The zero-order valence-corrected chi connectivity index (χ0v) is 46.1. The van der Waals surface area contributed by atoms with Crippen LogP contribution in [0.1, 0.15) is 81.9 Å². The second kappa shape index (κ2) is 25.6. The third-order valence-electron chi connectivity index (χ3n) is 13.2. The third-order valence-corrected chi connectivity index (χ3v) is 15.7. The van der Waals surface area contributed by atoms with Gasteiger partial charge in [-0.15, -0.1) is 23.5 Å². The van der Waals surface area contributed by atoms with Crippen LogP contribution in [0.2, 0.25) is 0 Å². The minimum absolute atomic E-state index is 0.0716. The molecule has 4 unspecified atom stereocenters. The van der Waals surface area contributed by atoms with Gasteiger partial charge in [-0.1, -0.05) is 0 Å². The van der Waals surface area contributed by atoms with Crippen LogP contribution in [0.25, 0.3) is 0 Å². The predicted molar refractivity (Wildman–Crippen MR) is 292 cm³/mol. The Bertz CT molecular complexity index is 3430. The highest BCUT2D eigenvalue weighted by molar-refractivity contribution is 7.99. The molecule has 2 heterocycles. The van der Waals surface area contributed by atoms with Gasteiger partial charge in [-0.2, -0.15) is 0 Å². The van der Waals surface area contributed by atoms with Gasteiger partial charge in [0.05, 0.1) is 32.8 Å². The first-order valence-electron chi connectivity index (χ1n) is 25.0. The number of hydrogen-bond donors (Lipinski definition) is 18. The second-order valence-corrected chi connectivity index (χ2v) is 21.6. The number of fused-ring (bicyclic) bond motifs is 2. The molecule has 6 atom stereocenters. The fourth-order valence-corrected chi connectivity index (χ4v) is 11.4. The smallest absolute Gasteiger partial charge is 0.338 e. The summed E-state index contributed by atoms with van der Waals surface area (Å²) in [5.41, 5.74) is -0.812. The lowest BCUT2D eigenvalue weighted by molar-refractivity contribution is -0.143. The van der Waals surface area contributed by atoms with Crippen LogP contribution in [0.3, 0.4) is 0 Å². The molecule has 6 aromatic rings. The van der Waals surface area contributed by atoms with Crippen molar-refractivity contribution in [3.05, 3.63) is 94.0 Å². The van der Waals surface area contributed by atoms with Crippen LogP contribution in [-0.2, 0) is 41.5 Å². The third kappa shape index (κ3) is 13.8. The number of carbonyl (C=O) groups is 6. The van der Waals surface area contributed by atoms with E-state index in [0.29, 0.717) is 23.5 Å². The Morgan fingerprint density at radius 2 is 0.756 bits per heavy atom. The second-order valence-electron chi connectivity index (χ2n) is 19.5. The summed E-state index contributed by atoms with van der Waals surface area (Å²) in [6.45, 7) is 2.42. The molecule has 2 aliphatic rings. The number of carboxylic acid groups (broad SMARTS) is 2. The Morgan fingerprint density at radius 1 is 0.442 bits per heavy atom. The van der Waals surface area contributed by atoms with Crippen LogP contribution in [-0.4, -0.2) is 151 Å². The van der Waals surface area contributed by atoms with E-state index in [9.17, 15) is 121 Å². The van der Waals surface area contributed by atoms with Crippen molar-refractivity contribution in [3.8, 4) is 103 Å². The molecular formula is C56H52O28S2. The van der Waals surface area contributed by atoms with E-state index in [2.05, 4.69) is 0 Å². The highest BCUT2D eigenvalue weighted by Crippen LogP contribution is 2.54. The topological polar surface area (TPSA) is 503 Å². The van der Waals surface area contributed by atoms with Crippen LogP contribution < -0.4 is 9.47 Å². The van der Waals surface area contributed by atoms with Crippen LogP contribution in [0, 0.1) is 11.8 Å². The number of aliphatic carboxylic acids is 2. The molecule has 6 aromatic carbocycles. The number of ether oxygens (including phenoxy) is 4. The molecule has 0 amide bonds. The first-order valence-corrected chi connectivity index (χ1v) is 26.9. The van der Waals surface area contributed by atoms with Crippen LogP contribution in [0.5, 0.6) is 103 Å². The summed E-state index contributed by atoms with van der Waals surface area (Å²) in [7, 11) is 0. The minimum Gasteiger partial charge on any atom is -0.508 e. The molecule has 0 saturated heterocycles. The van der Waals surface area contributed by atoms with E-state index in [1.165, 1.54) is 13.8 Å². The lowest BCUT2D eigenvalue weighted by Crippen LogP contribution is -2.35. The largest absolute Gasteiger partial charge is 0.508 e. The van der Waals surface area contributed by atoms with Crippen molar-refractivity contribution in [2.45, 2.75) is 73.7 Å². The van der Waals surface area contributed by atoms with Gasteiger partial charge in [0.25, 0.3) is 0 Å². The van der Waals surface area contributed by atoms with Crippen molar-refractivity contribution in [2.75, 3.05) is 11.5 Å². The molecule has 0 aliphatic carbocycles. The van der Waals surface area contributed by atoms with Crippen molar-refractivity contribution in [3.63, 3.8) is 0 Å². The highest BCUT2D eigenvalue weighted by atomic mass is 32.2. The average molecular weight is 1240 g/mol. The highest BCUT2D eigenvalue weighted by Gasteiger charge is 2.42. The summed E-state index contributed by atoms with van der Waals surface area (Å²) in [6, 6.07) is 9.56. The van der Waals surface area contributed by atoms with Gasteiger partial charge in [0.1, 0.15) is 58.3 Å². The van der Waals surface area contributed by atoms with Crippen molar-refractivity contribution >= 4 is 59.0 Å². The van der Waals surface area contributed by atoms with Crippen molar-refractivity contribution in [2.24, 2.45) is 11.8 Å². The predicted octanol–water partition coefficient (Wildman–Crippen LogP) is 6.01. The molecule has 30 heteroatoms. The van der Waals surface area contributed by atoms with E-state index in [1.54, 1.807) is 0 Å². The van der Waals surface area contributed by atoms with E-state index in [1.807, 2.05) is 0 Å². The normalized spacial score (nSPS) is 16.5. The maximum absolute atomic E-state index is 13.1. The number of carbonyl (C=O) groups excluding carboxylic acids is 4. The van der Waals surface area contributed by atoms with E-state index in [0.717, 1.165) is 60.7 Å². The summed E-state index contributed by atoms with van der Waals surface area (Å²) in [6.07, 6.45) is -6.86. The molecule has 0 bridgehead atoms. The zero-order valence-electron chi connectivity index (χ0n) is 44.4. The number of hydrogen-bond acceptors (Lipinski definition) is 28. The Kier molecular flexibility index (Phi) is 18.9. The van der Waals surface area contributed by atoms with Gasteiger partial charge in [-0.05, 0) is 50.2 Å². The van der Waals surface area contributed by atoms with Gasteiger partial charge in [0.15, 0.2) is 69.7 Å². The van der Waals surface area contributed by atoms with E-state index >= 15 is 0 Å². The monoisotopic (exact) mass is 1240 g/mol. The van der Waals surface area contributed by atoms with Gasteiger partial charge < -0.3 is 120 Å². The van der Waals surface area contributed by atoms with E-state index in [-0.39, 0.29) is 92.2 Å². The molecule has 28 nitrogen and oxygen atoms in total. The number of aromatic hydroxyl groups is 16. The first-order chi connectivity index (χ1) is 40.3. The Balaban J connectivity index is 0.000000246. The standard InChI is InChI=1S/2C28H26O14S/c2*1-10(29)2-12(27(38)39)9-43-26-15(7-19(34)23(36)24(26)37)25-21(8-14-16(31)5-13(30)6-20(14)41-25)42-28(40)11-3-17(32)22(35)18(33)4-11/h2*3-7,12,21,25,30-37H,2,8-9H2,1H3,(H,38,39)/t2*12?,21-,25?/m11/s1. The number of thioether (sulfide) groups is 2.